The van der Waals surface area contributed by atoms with Gasteiger partial charge in [0.15, 0.2) is 0 Å². The van der Waals surface area contributed by atoms with E-state index in [9.17, 15) is 9.59 Å². The third-order valence-electron chi connectivity index (χ3n) is 4.59. The largest absolute Gasteiger partial charge is 0.326 e. The molecule has 4 nitrogen and oxygen atoms in total. The Bertz CT molecular complexity index is 802. The first-order valence-corrected chi connectivity index (χ1v) is 8.82. The van der Waals surface area contributed by atoms with Crippen molar-refractivity contribution in [2.24, 2.45) is 5.92 Å². The van der Waals surface area contributed by atoms with E-state index >= 15 is 0 Å². The molecular weight excluding hydrogens is 336 g/mol. The van der Waals surface area contributed by atoms with Gasteiger partial charge in [0.05, 0.1) is 5.92 Å². The number of rotatable bonds is 4. The number of halogens is 1. The van der Waals surface area contributed by atoms with Crippen LogP contribution in [0.15, 0.2) is 42.5 Å². The molecule has 0 saturated carbocycles. The Morgan fingerprint density at radius 2 is 1.96 bits per heavy atom. The van der Waals surface area contributed by atoms with E-state index in [1.807, 2.05) is 43.3 Å². The fraction of sp³-hybridized carbons (Fsp3) is 0.300. The van der Waals surface area contributed by atoms with Gasteiger partial charge in [-0.15, -0.1) is 0 Å². The minimum atomic E-state index is -0.363. The Morgan fingerprint density at radius 3 is 2.60 bits per heavy atom. The molecule has 0 spiro atoms. The minimum absolute atomic E-state index is 0.0219. The molecule has 1 saturated heterocycles. The zero-order chi connectivity index (χ0) is 18.0. The van der Waals surface area contributed by atoms with E-state index in [0.29, 0.717) is 17.3 Å². The van der Waals surface area contributed by atoms with Crippen molar-refractivity contribution in [3.05, 3.63) is 58.6 Å². The molecule has 2 amide bonds. The number of amides is 2. The van der Waals surface area contributed by atoms with Gasteiger partial charge in [-0.3, -0.25) is 9.59 Å². The van der Waals surface area contributed by atoms with Crippen molar-refractivity contribution >= 4 is 34.8 Å². The van der Waals surface area contributed by atoms with Gasteiger partial charge in [-0.1, -0.05) is 36.7 Å². The van der Waals surface area contributed by atoms with E-state index in [1.165, 1.54) is 5.56 Å². The molecule has 1 heterocycles. The first-order chi connectivity index (χ1) is 12.0. The minimum Gasteiger partial charge on any atom is -0.326 e. The fourth-order valence-electron chi connectivity index (χ4n) is 2.96. The molecule has 0 radical (unpaired) electrons. The third-order valence-corrected chi connectivity index (χ3v) is 5.00. The maximum atomic E-state index is 12.5. The van der Waals surface area contributed by atoms with Gasteiger partial charge in [0.25, 0.3) is 0 Å². The topological polar surface area (TPSA) is 49.4 Å². The predicted molar refractivity (Wildman–Crippen MR) is 101 cm³/mol. The molecule has 5 heteroatoms. The molecule has 1 atom stereocenters. The number of anilines is 2. The van der Waals surface area contributed by atoms with Crippen LogP contribution in [0.5, 0.6) is 0 Å². The highest BCUT2D eigenvalue weighted by molar-refractivity contribution is 6.31. The van der Waals surface area contributed by atoms with Crippen molar-refractivity contribution in [1.29, 1.82) is 0 Å². The smallest absolute Gasteiger partial charge is 0.229 e. The van der Waals surface area contributed by atoms with Crippen molar-refractivity contribution in [2.75, 3.05) is 16.8 Å². The zero-order valence-corrected chi connectivity index (χ0v) is 15.1. The second kappa shape index (κ2) is 7.28. The molecule has 1 aliphatic rings. The summed E-state index contributed by atoms with van der Waals surface area (Å²) in [5.74, 6) is -0.536. The second-order valence-corrected chi connectivity index (χ2v) is 6.79. The zero-order valence-electron chi connectivity index (χ0n) is 14.4. The maximum Gasteiger partial charge on any atom is 0.229 e. The lowest BCUT2D eigenvalue weighted by atomic mass is 10.1. The van der Waals surface area contributed by atoms with Crippen LogP contribution < -0.4 is 10.2 Å². The molecule has 2 aromatic carbocycles. The van der Waals surface area contributed by atoms with Crippen LogP contribution in [0.3, 0.4) is 0 Å². The molecular formula is C20H21ClN2O2. The summed E-state index contributed by atoms with van der Waals surface area (Å²) in [7, 11) is 0. The first-order valence-electron chi connectivity index (χ1n) is 8.44. The van der Waals surface area contributed by atoms with E-state index < -0.39 is 0 Å². The van der Waals surface area contributed by atoms with Crippen LogP contribution in [0.4, 0.5) is 11.4 Å². The van der Waals surface area contributed by atoms with Crippen molar-refractivity contribution in [3.8, 4) is 0 Å². The normalized spacial score (nSPS) is 17.0. The van der Waals surface area contributed by atoms with Crippen molar-refractivity contribution in [2.45, 2.75) is 26.7 Å². The number of carbonyl (C=O) groups is 2. The van der Waals surface area contributed by atoms with Crippen LogP contribution in [0.25, 0.3) is 0 Å². The van der Waals surface area contributed by atoms with Gasteiger partial charge in [0, 0.05) is 29.4 Å². The summed E-state index contributed by atoms with van der Waals surface area (Å²) in [6.45, 7) is 4.40. The Kier molecular flexibility index (Phi) is 5.09. The van der Waals surface area contributed by atoms with E-state index in [0.717, 1.165) is 17.7 Å². The van der Waals surface area contributed by atoms with Crippen LogP contribution in [0, 0.1) is 12.8 Å². The summed E-state index contributed by atoms with van der Waals surface area (Å²) in [6, 6.07) is 13.3. The number of hydrogen-bond acceptors (Lipinski definition) is 2. The molecule has 130 valence electrons. The van der Waals surface area contributed by atoms with Crippen molar-refractivity contribution in [3.63, 3.8) is 0 Å². The number of hydrogen-bond donors (Lipinski definition) is 1. The molecule has 1 N–H and O–H groups in total. The van der Waals surface area contributed by atoms with Crippen molar-refractivity contribution in [1.82, 2.24) is 0 Å². The van der Waals surface area contributed by atoms with Crippen LogP contribution in [0.1, 0.15) is 24.5 Å². The molecule has 3 rings (SSSR count). The average molecular weight is 357 g/mol. The summed E-state index contributed by atoms with van der Waals surface area (Å²) in [5.41, 5.74) is 3.67. The molecule has 0 bridgehead atoms. The quantitative estimate of drug-likeness (QED) is 0.892. The van der Waals surface area contributed by atoms with Crippen molar-refractivity contribution < 1.29 is 9.59 Å². The van der Waals surface area contributed by atoms with E-state index in [-0.39, 0.29) is 24.2 Å². The first kappa shape index (κ1) is 17.5. The lowest BCUT2D eigenvalue weighted by Crippen LogP contribution is -2.28. The molecule has 1 unspecified atom stereocenters. The second-order valence-electron chi connectivity index (χ2n) is 6.38. The molecule has 1 aliphatic heterocycles. The molecule has 0 aliphatic carbocycles. The Balaban J connectivity index is 1.68. The van der Waals surface area contributed by atoms with E-state index in [1.54, 1.807) is 11.0 Å². The number of aryl methyl sites for hydroxylation is 2. The molecule has 0 aromatic heterocycles. The van der Waals surface area contributed by atoms with Gasteiger partial charge in [-0.2, -0.15) is 0 Å². The lowest BCUT2D eigenvalue weighted by molar-refractivity contribution is -0.122. The van der Waals surface area contributed by atoms with Gasteiger partial charge in [-0.05, 0) is 48.7 Å². The van der Waals surface area contributed by atoms with Crippen LogP contribution >= 0.6 is 11.6 Å². The number of carbonyl (C=O) groups excluding carboxylic acids is 2. The SMILES string of the molecule is CCc1ccc(N2CC(C(=O)Nc3ccc(C)c(Cl)c3)CC2=O)cc1. The Hall–Kier alpha value is -2.33. The highest BCUT2D eigenvalue weighted by Crippen LogP contribution is 2.27. The highest BCUT2D eigenvalue weighted by Gasteiger charge is 2.35. The summed E-state index contributed by atoms with van der Waals surface area (Å²) in [5, 5.41) is 3.47. The summed E-state index contributed by atoms with van der Waals surface area (Å²) < 4.78 is 0. The summed E-state index contributed by atoms with van der Waals surface area (Å²) in [4.78, 5) is 26.5. The predicted octanol–water partition coefficient (Wildman–Crippen LogP) is 4.20. The van der Waals surface area contributed by atoms with Gasteiger partial charge in [0.1, 0.15) is 0 Å². The van der Waals surface area contributed by atoms with Gasteiger partial charge in [0.2, 0.25) is 11.8 Å². The Labute approximate surface area is 152 Å². The van der Waals surface area contributed by atoms with E-state index in [4.69, 9.17) is 11.6 Å². The summed E-state index contributed by atoms with van der Waals surface area (Å²) >= 11 is 6.09. The highest BCUT2D eigenvalue weighted by atomic mass is 35.5. The van der Waals surface area contributed by atoms with Gasteiger partial charge in [-0.25, -0.2) is 0 Å². The molecule has 1 fully saturated rings. The fourth-order valence-corrected chi connectivity index (χ4v) is 3.14. The maximum absolute atomic E-state index is 12.5. The van der Waals surface area contributed by atoms with Crippen LogP contribution in [-0.4, -0.2) is 18.4 Å². The third kappa shape index (κ3) is 3.85. The number of benzene rings is 2. The standard InChI is InChI=1S/C20H21ClN2O2/c1-3-14-5-8-17(9-6-14)23-12-15(10-19(23)24)20(25)22-16-7-4-13(2)18(21)11-16/h4-9,11,15H,3,10,12H2,1-2H3,(H,22,25). The molecule has 2 aromatic rings. The number of nitrogens with one attached hydrogen (secondary N) is 1. The summed E-state index contributed by atoms with van der Waals surface area (Å²) in [6.07, 6.45) is 1.18. The Morgan fingerprint density at radius 1 is 1.24 bits per heavy atom. The monoisotopic (exact) mass is 356 g/mol. The van der Waals surface area contributed by atoms with E-state index in [2.05, 4.69) is 12.2 Å². The molecule has 25 heavy (non-hydrogen) atoms. The van der Waals surface area contributed by atoms with Gasteiger partial charge < -0.3 is 10.2 Å². The van der Waals surface area contributed by atoms with Gasteiger partial charge >= 0.3 is 0 Å². The average Bonchev–Trinajstić information content (AvgIpc) is 3.00. The van der Waals surface area contributed by atoms with Crippen LogP contribution in [0.2, 0.25) is 5.02 Å². The van der Waals surface area contributed by atoms with Crippen LogP contribution in [-0.2, 0) is 16.0 Å². The lowest BCUT2D eigenvalue weighted by Gasteiger charge is -2.17. The number of nitrogens with zero attached hydrogens (tertiary/aromatic N) is 1.